The average molecular weight is 218 g/mol. The van der Waals surface area contributed by atoms with E-state index in [2.05, 4.69) is 13.8 Å². The zero-order chi connectivity index (χ0) is 10.1. The molecule has 1 rings (SSSR count). The van der Waals surface area contributed by atoms with E-state index in [0.29, 0.717) is 5.92 Å². The van der Waals surface area contributed by atoms with Crippen LogP contribution in [-0.4, -0.2) is 11.1 Å². The van der Waals surface area contributed by atoms with Gasteiger partial charge in [-0.1, -0.05) is 33.6 Å². The Morgan fingerprint density at radius 3 is 2.43 bits per heavy atom. The molecule has 1 aliphatic carbocycles. The topological polar surface area (TPSA) is 37.3 Å². The van der Waals surface area contributed by atoms with Gasteiger partial charge < -0.3 is 5.11 Å². The predicted molar refractivity (Wildman–Crippen MR) is 62.9 cm³/mol. The van der Waals surface area contributed by atoms with Gasteiger partial charge in [-0.25, -0.2) is 0 Å². The first-order valence-corrected chi connectivity index (χ1v) is 5.18. The molecule has 0 bridgehead atoms. The fourth-order valence-corrected chi connectivity index (χ4v) is 2.62. The lowest BCUT2D eigenvalue weighted by molar-refractivity contribution is -0.145. The Kier molecular flexibility index (Phi) is 4.99. The Bertz CT molecular complexity index is 201. The molecule has 1 N–H and O–H groups in total. The normalized spacial score (nSPS) is 27.5. The van der Waals surface area contributed by atoms with E-state index in [1.807, 2.05) is 6.92 Å². The van der Waals surface area contributed by atoms with Crippen LogP contribution in [0.4, 0.5) is 0 Å². The van der Waals surface area contributed by atoms with Gasteiger partial charge in [0.1, 0.15) is 0 Å². The summed E-state index contributed by atoms with van der Waals surface area (Å²) < 4.78 is 0. The predicted octanol–water partition coefficient (Wildman–Crippen LogP) is 3.04. The van der Waals surface area contributed by atoms with Gasteiger partial charge in [-0.2, -0.15) is 13.5 Å². The maximum absolute atomic E-state index is 10.9. The monoisotopic (exact) mass is 218 g/mol. The molecule has 2 nitrogen and oxygen atoms in total. The summed E-state index contributed by atoms with van der Waals surface area (Å²) in [5.41, 5.74) is 0.218. The number of hydrogen-bond donors (Lipinski definition) is 1. The molecule has 0 aromatic heterocycles. The van der Waals surface area contributed by atoms with Crippen LogP contribution in [0.15, 0.2) is 0 Å². The number of carbonyl (C=O) groups is 1. The lowest BCUT2D eigenvalue weighted by Crippen LogP contribution is -2.35. The Hall–Kier alpha value is -0.180. The molecule has 84 valence electrons. The van der Waals surface area contributed by atoms with E-state index in [9.17, 15) is 4.79 Å². The highest BCUT2D eigenvalue weighted by molar-refractivity contribution is 7.59. The molecule has 1 aliphatic rings. The van der Waals surface area contributed by atoms with E-state index < -0.39 is 5.97 Å². The van der Waals surface area contributed by atoms with E-state index in [4.69, 9.17) is 5.11 Å². The summed E-state index contributed by atoms with van der Waals surface area (Å²) in [4.78, 5) is 10.9. The highest BCUT2D eigenvalue weighted by Gasteiger charge is 2.38. The number of carboxylic acids is 1. The molecule has 1 saturated carbocycles. The standard InChI is InChI=1S/C11H20O2.H2S/c1-8(10(12)13)9-6-4-5-7-11(9,2)3;/h8-9H,4-7H2,1-3H3,(H,12,13);1H2/t8-,9?;/m0./s1. The zero-order valence-electron chi connectivity index (χ0n) is 9.34. The zero-order valence-corrected chi connectivity index (χ0v) is 10.3. The minimum absolute atomic E-state index is 0. The quantitative estimate of drug-likeness (QED) is 0.773. The molecular weight excluding hydrogens is 196 g/mol. The van der Waals surface area contributed by atoms with Crippen molar-refractivity contribution in [2.75, 3.05) is 0 Å². The highest BCUT2D eigenvalue weighted by atomic mass is 32.1. The van der Waals surface area contributed by atoms with Crippen LogP contribution in [0.5, 0.6) is 0 Å². The van der Waals surface area contributed by atoms with Crippen molar-refractivity contribution in [1.29, 1.82) is 0 Å². The van der Waals surface area contributed by atoms with Crippen molar-refractivity contribution in [2.24, 2.45) is 17.3 Å². The molecule has 1 unspecified atom stereocenters. The number of aliphatic carboxylic acids is 1. The molecule has 0 saturated heterocycles. The summed E-state index contributed by atoms with van der Waals surface area (Å²) in [5, 5.41) is 8.97. The molecule has 3 heteroatoms. The Morgan fingerprint density at radius 1 is 1.43 bits per heavy atom. The summed E-state index contributed by atoms with van der Waals surface area (Å²) in [6.07, 6.45) is 4.72. The first-order chi connectivity index (χ1) is 5.95. The largest absolute Gasteiger partial charge is 0.481 e. The fourth-order valence-electron chi connectivity index (χ4n) is 2.62. The lowest BCUT2D eigenvalue weighted by atomic mass is 9.64. The smallest absolute Gasteiger partial charge is 0.306 e. The van der Waals surface area contributed by atoms with Crippen molar-refractivity contribution in [1.82, 2.24) is 0 Å². The van der Waals surface area contributed by atoms with Crippen LogP contribution in [0.2, 0.25) is 0 Å². The molecule has 0 aromatic rings. The summed E-state index contributed by atoms with van der Waals surface area (Å²) in [6, 6.07) is 0. The maximum Gasteiger partial charge on any atom is 0.306 e. The van der Waals surface area contributed by atoms with Gasteiger partial charge >= 0.3 is 5.97 Å². The molecule has 1 fully saturated rings. The van der Waals surface area contributed by atoms with Crippen LogP contribution in [-0.2, 0) is 4.79 Å². The van der Waals surface area contributed by atoms with E-state index in [1.54, 1.807) is 0 Å². The van der Waals surface area contributed by atoms with Crippen molar-refractivity contribution in [2.45, 2.75) is 46.5 Å². The second kappa shape index (κ2) is 5.06. The maximum atomic E-state index is 10.9. The number of rotatable bonds is 2. The summed E-state index contributed by atoms with van der Waals surface area (Å²) in [5.74, 6) is -0.464. The lowest BCUT2D eigenvalue weighted by Gasteiger charge is -2.40. The third kappa shape index (κ3) is 2.91. The van der Waals surface area contributed by atoms with Gasteiger partial charge in [-0.3, -0.25) is 4.79 Å². The molecule has 0 radical (unpaired) electrons. The minimum atomic E-state index is -0.639. The van der Waals surface area contributed by atoms with Gasteiger partial charge in [-0.05, 0) is 24.2 Å². The van der Waals surface area contributed by atoms with Crippen LogP contribution in [0.3, 0.4) is 0 Å². The summed E-state index contributed by atoms with van der Waals surface area (Å²) in [7, 11) is 0. The Labute approximate surface area is 93.5 Å². The second-order valence-corrected chi connectivity index (χ2v) is 4.97. The molecule has 0 aliphatic heterocycles. The molecule has 0 spiro atoms. The van der Waals surface area contributed by atoms with Gasteiger partial charge in [0.25, 0.3) is 0 Å². The van der Waals surface area contributed by atoms with Gasteiger partial charge in [-0.15, -0.1) is 0 Å². The molecule has 0 amide bonds. The number of hydrogen-bond acceptors (Lipinski definition) is 1. The highest BCUT2D eigenvalue weighted by Crippen LogP contribution is 2.44. The van der Waals surface area contributed by atoms with E-state index >= 15 is 0 Å². The third-order valence-electron chi connectivity index (χ3n) is 3.58. The van der Waals surface area contributed by atoms with E-state index in [-0.39, 0.29) is 24.8 Å². The second-order valence-electron chi connectivity index (χ2n) is 4.97. The van der Waals surface area contributed by atoms with Crippen LogP contribution in [0.25, 0.3) is 0 Å². The van der Waals surface area contributed by atoms with Gasteiger partial charge in [0.2, 0.25) is 0 Å². The molecule has 0 heterocycles. The van der Waals surface area contributed by atoms with E-state index in [1.165, 1.54) is 19.3 Å². The minimum Gasteiger partial charge on any atom is -0.481 e. The van der Waals surface area contributed by atoms with Crippen LogP contribution < -0.4 is 0 Å². The molecular formula is C11H22O2S. The first-order valence-electron chi connectivity index (χ1n) is 5.18. The van der Waals surface area contributed by atoms with Crippen molar-refractivity contribution in [3.8, 4) is 0 Å². The van der Waals surface area contributed by atoms with Crippen molar-refractivity contribution < 1.29 is 9.90 Å². The SMILES string of the molecule is C[C@H](C(=O)O)C1CCCCC1(C)C.S. The van der Waals surface area contributed by atoms with E-state index in [0.717, 1.165) is 6.42 Å². The summed E-state index contributed by atoms with van der Waals surface area (Å²) >= 11 is 0. The van der Waals surface area contributed by atoms with Crippen LogP contribution in [0, 0.1) is 17.3 Å². The molecule has 14 heavy (non-hydrogen) atoms. The van der Waals surface area contributed by atoms with Crippen LogP contribution >= 0.6 is 13.5 Å². The Morgan fingerprint density at radius 2 is 2.00 bits per heavy atom. The Balaban J connectivity index is 0.00000169. The van der Waals surface area contributed by atoms with Crippen molar-refractivity contribution in [3.63, 3.8) is 0 Å². The molecule has 2 atom stereocenters. The average Bonchev–Trinajstić information content (AvgIpc) is 2.02. The number of carboxylic acid groups (broad SMARTS) is 1. The molecule has 0 aromatic carbocycles. The summed E-state index contributed by atoms with van der Waals surface area (Å²) in [6.45, 7) is 6.26. The van der Waals surface area contributed by atoms with Gasteiger partial charge in [0, 0.05) is 0 Å². The third-order valence-corrected chi connectivity index (χ3v) is 3.58. The van der Waals surface area contributed by atoms with Crippen LogP contribution in [0.1, 0.15) is 46.5 Å². The van der Waals surface area contributed by atoms with Gasteiger partial charge in [0.15, 0.2) is 0 Å². The first kappa shape index (κ1) is 13.8. The van der Waals surface area contributed by atoms with Crippen molar-refractivity contribution >= 4 is 19.5 Å². The van der Waals surface area contributed by atoms with Gasteiger partial charge in [0.05, 0.1) is 5.92 Å². The fraction of sp³-hybridized carbons (Fsp3) is 0.909. The van der Waals surface area contributed by atoms with Crippen molar-refractivity contribution in [3.05, 3.63) is 0 Å².